The van der Waals surface area contributed by atoms with Gasteiger partial charge in [0, 0.05) is 31.5 Å². The zero-order chi connectivity index (χ0) is 21.3. The van der Waals surface area contributed by atoms with Gasteiger partial charge in [0.2, 0.25) is 5.91 Å². The van der Waals surface area contributed by atoms with Crippen LogP contribution >= 0.6 is 11.3 Å². The quantitative estimate of drug-likeness (QED) is 0.543. The Hall–Kier alpha value is -2.15. The number of hydrogen-bond acceptors (Lipinski definition) is 4. The number of carbonyl (C=O) groups is 2. The monoisotopic (exact) mass is 440 g/mol. The molecule has 7 heteroatoms. The number of aromatic nitrogens is 1. The van der Waals surface area contributed by atoms with Gasteiger partial charge in [0.25, 0.3) is 0 Å². The van der Waals surface area contributed by atoms with Crippen LogP contribution in [0.25, 0.3) is 10.2 Å². The molecule has 3 amide bonds. The molecule has 0 spiro atoms. The molecule has 4 bridgehead atoms. The van der Waals surface area contributed by atoms with Crippen LogP contribution in [0.4, 0.5) is 4.79 Å². The predicted molar refractivity (Wildman–Crippen MR) is 123 cm³/mol. The molecule has 4 saturated carbocycles. The lowest BCUT2D eigenvalue weighted by Gasteiger charge is -2.56. The van der Waals surface area contributed by atoms with Crippen LogP contribution in [0.2, 0.25) is 0 Å². The summed E-state index contributed by atoms with van der Waals surface area (Å²) in [5, 5.41) is 10.3. The molecule has 2 aromatic rings. The molecule has 166 valence electrons. The Morgan fingerprint density at radius 2 is 1.71 bits per heavy atom. The molecule has 0 atom stereocenters. The molecule has 1 aromatic heterocycles. The Morgan fingerprint density at radius 3 is 2.42 bits per heavy atom. The van der Waals surface area contributed by atoms with Gasteiger partial charge in [-0.25, -0.2) is 9.78 Å². The molecule has 4 fully saturated rings. The fourth-order valence-corrected chi connectivity index (χ4v) is 7.43. The number of fused-ring (bicyclic) bond motifs is 1. The normalized spacial score (nSPS) is 28.6. The van der Waals surface area contributed by atoms with Crippen LogP contribution in [0.5, 0.6) is 0 Å². The molecule has 0 unspecified atom stereocenters. The van der Waals surface area contributed by atoms with Crippen molar-refractivity contribution in [3.05, 3.63) is 29.3 Å². The summed E-state index contributed by atoms with van der Waals surface area (Å²) in [4.78, 5) is 29.2. The van der Waals surface area contributed by atoms with Gasteiger partial charge < -0.3 is 16.0 Å². The minimum Gasteiger partial charge on any atom is -0.356 e. The van der Waals surface area contributed by atoms with E-state index in [1.165, 1.54) is 24.0 Å². The topological polar surface area (TPSA) is 83.1 Å². The fourth-order valence-electron chi connectivity index (χ4n) is 6.42. The summed E-state index contributed by atoms with van der Waals surface area (Å²) in [5.74, 6) is 2.40. The zero-order valence-corrected chi connectivity index (χ0v) is 18.8. The summed E-state index contributed by atoms with van der Waals surface area (Å²) >= 11 is 1.72. The number of carbonyl (C=O) groups excluding carboxylic acids is 2. The maximum Gasteiger partial charge on any atom is 0.315 e. The van der Waals surface area contributed by atoms with E-state index in [0.717, 1.165) is 60.4 Å². The van der Waals surface area contributed by atoms with Crippen molar-refractivity contribution in [3.8, 4) is 0 Å². The number of para-hydroxylation sites is 1. The number of benzene rings is 1. The van der Waals surface area contributed by atoms with Crippen LogP contribution < -0.4 is 16.0 Å². The maximum absolute atomic E-state index is 12.4. The summed E-state index contributed by atoms with van der Waals surface area (Å²) in [5.41, 5.74) is 1.06. The first-order chi connectivity index (χ1) is 15.1. The van der Waals surface area contributed by atoms with Crippen molar-refractivity contribution in [1.82, 2.24) is 20.9 Å². The second kappa shape index (κ2) is 8.77. The third-order valence-corrected chi connectivity index (χ3v) is 8.38. The van der Waals surface area contributed by atoms with Gasteiger partial charge in [0.15, 0.2) is 0 Å². The summed E-state index contributed by atoms with van der Waals surface area (Å²) in [7, 11) is 0. The summed E-state index contributed by atoms with van der Waals surface area (Å²) in [6.07, 6.45) is 9.56. The minimum atomic E-state index is -0.106. The summed E-state index contributed by atoms with van der Waals surface area (Å²) < 4.78 is 1.21. The smallest absolute Gasteiger partial charge is 0.315 e. The van der Waals surface area contributed by atoms with E-state index in [9.17, 15) is 9.59 Å². The largest absolute Gasteiger partial charge is 0.356 e. The van der Waals surface area contributed by atoms with Crippen LogP contribution in [0, 0.1) is 17.8 Å². The van der Waals surface area contributed by atoms with Crippen LogP contribution in [-0.4, -0.2) is 35.6 Å². The fraction of sp³-hybridized carbons (Fsp3) is 0.625. The number of urea groups is 1. The molecule has 1 aromatic carbocycles. The van der Waals surface area contributed by atoms with Gasteiger partial charge in [-0.2, -0.15) is 0 Å². The highest BCUT2D eigenvalue weighted by molar-refractivity contribution is 7.18. The van der Waals surface area contributed by atoms with E-state index in [0.29, 0.717) is 19.5 Å². The molecular weight excluding hydrogens is 408 g/mol. The molecule has 3 N–H and O–H groups in total. The first-order valence-electron chi connectivity index (χ1n) is 11.7. The van der Waals surface area contributed by atoms with Crippen molar-refractivity contribution >= 4 is 33.5 Å². The Balaban J connectivity index is 0.973. The van der Waals surface area contributed by atoms with Crippen molar-refractivity contribution < 1.29 is 9.59 Å². The van der Waals surface area contributed by atoms with E-state index in [2.05, 4.69) is 27.0 Å². The summed E-state index contributed by atoms with van der Waals surface area (Å²) in [6.45, 7) is 1.01. The van der Waals surface area contributed by atoms with E-state index in [1.807, 2.05) is 18.2 Å². The number of hydrogen-bond donors (Lipinski definition) is 3. The molecule has 4 aliphatic rings. The van der Waals surface area contributed by atoms with Gasteiger partial charge in [0.05, 0.1) is 15.2 Å². The third kappa shape index (κ3) is 4.86. The van der Waals surface area contributed by atoms with Crippen LogP contribution in [0.3, 0.4) is 0 Å². The first kappa shape index (κ1) is 20.7. The van der Waals surface area contributed by atoms with Gasteiger partial charge in [0.1, 0.15) is 0 Å². The zero-order valence-electron chi connectivity index (χ0n) is 18.0. The highest BCUT2D eigenvalue weighted by atomic mass is 32.1. The highest BCUT2D eigenvalue weighted by Crippen LogP contribution is 2.55. The van der Waals surface area contributed by atoms with Gasteiger partial charge in [-0.1, -0.05) is 12.1 Å². The predicted octanol–water partition coefficient (Wildman–Crippen LogP) is 4.00. The van der Waals surface area contributed by atoms with Crippen molar-refractivity contribution in [2.75, 3.05) is 13.1 Å². The van der Waals surface area contributed by atoms with E-state index in [-0.39, 0.29) is 17.5 Å². The molecular formula is C24H32N4O2S. The minimum absolute atomic E-state index is 0.0144. The maximum atomic E-state index is 12.4. The molecule has 6 rings (SSSR count). The molecule has 4 aliphatic carbocycles. The average Bonchev–Trinajstić information content (AvgIpc) is 3.12. The van der Waals surface area contributed by atoms with E-state index in [4.69, 9.17) is 0 Å². The highest BCUT2D eigenvalue weighted by Gasteiger charge is 2.51. The van der Waals surface area contributed by atoms with Crippen molar-refractivity contribution in [3.63, 3.8) is 0 Å². The lowest BCUT2D eigenvalue weighted by atomic mass is 9.53. The molecule has 0 aliphatic heterocycles. The molecule has 0 radical (unpaired) electrons. The van der Waals surface area contributed by atoms with Crippen molar-refractivity contribution in [2.45, 2.75) is 63.3 Å². The SMILES string of the molecule is O=C(CCNC(=O)NC12CC3CC(CC(C3)C1)C2)NCCCc1nc2ccccc2s1. The summed E-state index contributed by atoms with van der Waals surface area (Å²) in [6, 6.07) is 8.05. The van der Waals surface area contributed by atoms with Gasteiger partial charge >= 0.3 is 6.03 Å². The Kier molecular flexibility index (Phi) is 5.87. The van der Waals surface area contributed by atoms with Gasteiger partial charge in [-0.05, 0) is 74.8 Å². The number of nitrogens with one attached hydrogen (secondary N) is 3. The standard InChI is InChI=1S/C24H32N4O2S/c29-21(25-8-3-6-22-27-19-4-1-2-5-20(19)31-22)7-9-26-23(30)28-24-13-16-10-17(14-24)12-18(11-16)15-24/h1-2,4-5,16-18H,3,6-15H2,(H,25,29)(H2,26,28,30). The number of rotatable bonds is 8. The Bertz CT molecular complexity index is 888. The first-order valence-corrected chi connectivity index (χ1v) is 12.6. The molecule has 0 saturated heterocycles. The van der Waals surface area contributed by atoms with Crippen molar-refractivity contribution in [2.24, 2.45) is 17.8 Å². The van der Waals surface area contributed by atoms with Crippen LogP contribution in [0.15, 0.2) is 24.3 Å². The van der Waals surface area contributed by atoms with E-state index >= 15 is 0 Å². The molecule has 1 heterocycles. The molecule has 31 heavy (non-hydrogen) atoms. The lowest BCUT2D eigenvalue weighted by molar-refractivity contribution is -0.120. The van der Waals surface area contributed by atoms with E-state index < -0.39 is 0 Å². The van der Waals surface area contributed by atoms with Crippen LogP contribution in [-0.2, 0) is 11.2 Å². The number of aryl methyl sites for hydroxylation is 1. The van der Waals surface area contributed by atoms with Gasteiger partial charge in [-0.3, -0.25) is 4.79 Å². The number of amides is 3. The van der Waals surface area contributed by atoms with Crippen LogP contribution in [0.1, 0.15) is 56.4 Å². The number of nitrogens with zero attached hydrogens (tertiary/aromatic N) is 1. The van der Waals surface area contributed by atoms with E-state index in [1.54, 1.807) is 11.3 Å². The average molecular weight is 441 g/mol. The second-order valence-corrected chi connectivity index (χ2v) is 11.0. The lowest BCUT2D eigenvalue weighted by Crippen LogP contribution is -2.61. The number of thiazole rings is 1. The molecule has 6 nitrogen and oxygen atoms in total. The van der Waals surface area contributed by atoms with Gasteiger partial charge in [-0.15, -0.1) is 11.3 Å². The Morgan fingerprint density at radius 1 is 1.00 bits per heavy atom. The van der Waals surface area contributed by atoms with Crippen molar-refractivity contribution in [1.29, 1.82) is 0 Å². The second-order valence-electron chi connectivity index (χ2n) is 9.86. The third-order valence-electron chi connectivity index (χ3n) is 7.28. The Labute approximate surface area is 187 Å².